The second-order valence-corrected chi connectivity index (χ2v) is 8.33. The van der Waals surface area contributed by atoms with Gasteiger partial charge in [-0.25, -0.2) is 0 Å². The number of aromatic amines is 1. The van der Waals surface area contributed by atoms with E-state index in [1.807, 2.05) is 44.5 Å². The van der Waals surface area contributed by atoms with Crippen LogP contribution in [0.1, 0.15) is 52.5 Å². The first-order chi connectivity index (χ1) is 19.0. The van der Waals surface area contributed by atoms with E-state index in [2.05, 4.69) is 84.7 Å². The summed E-state index contributed by atoms with van der Waals surface area (Å²) in [5, 5.41) is 1.17. The summed E-state index contributed by atoms with van der Waals surface area (Å²) in [5.41, 5.74) is 5.18. The molecule has 2 heterocycles. The van der Waals surface area contributed by atoms with Gasteiger partial charge in [0.25, 0.3) is 0 Å². The van der Waals surface area contributed by atoms with Gasteiger partial charge in [0, 0.05) is 47.5 Å². The van der Waals surface area contributed by atoms with Gasteiger partial charge in [-0.3, -0.25) is 9.98 Å². The predicted molar refractivity (Wildman–Crippen MR) is 168 cm³/mol. The topological polar surface area (TPSA) is 62.2 Å². The van der Waals surface area contributed by atoms with E-state index in [9.17, 15) is 0 Å². The molecule has 208 valence electrons. The Hall–Kier alpha value is -4.24. The van der Waals surface area contributed by atoms with E-state index in [4.69, 9.17) is 14.5 Å². The van der Waals surface area contributed by atoms with Crippen molar-refractivity contribution in [2.45, 2.75) is 47.0 Å². The number of fused-ring (bicyclic) bond motifs is 1. The number of H-pyrrole nitrogens is 1. The smallest absolute Gasteiger partial charge is 0.116 e. The van der Waals surface area contributed by atoms with Crippen LogP contribution in [-0.4, -0.2) is 49.1 Å². The zero-order valence-corrected chi connectivity index (χ0v) is 24.4. The number of aliphatic imine (C=N–C) groups is 2. The van der Waals surface area contributed by atoms with Crippen molar-refractivity contribution in [1.29, 1.82) is 0 Å². The second-order valence-electron chi connectivity index (χ2n) is 8.33. The molecule has 0 amide bonds. The fraction of sp³-hybridized carbons (Fsp3) is 0.333. The van der Waals surface area contributed by atoms with Gasteiger partial charge in [0.2, 0.25) is 0 Å². The highest BCUT2D eigenvalue weighted by Crippen LogP contribution is 2.17. The maximum atomic E-state index is 5.48. The van der Waals surface area contributed by atoms with Crippen LogP contribution in [0.3, 0.4) is 0 Å². The Morgan fingerprint density at radius 2 is 1.95 bits per heavy atom. The van der Waals surface area contributed by atoms with Gasteiger partial charge in [-0.2, -0.15) is 0 Å². The van der Waals surface area contributed by atoms with Crippen LogP contribution in [0.25, 0.3) is 10.9 Å². The van der Waals surface area contributed by atoms with Crippen LogP contribution in [0.15, 0.2) is 100 Å². The quantitative estimate of drug-likeness (QED) is 0.174. The first-order valence-electron chi connectivity index (χ1n) is 13.3. The van der Waals surface area contributed by atoms with Crippen LogP contribution in [-0.2, 0) is 9.47 Å². The molecule has 2 aromatic rings. The molecule has 3 rings (SSSR count). The van der Waals surface area contributed by atoms with Gasteiger partial charge in [0.15, 0.2) is 0 Å². The lowest BCUT2D eigenvalue weighted by molar-refractivity contribution is 0.280. The third-order valence-electron chi connectivity index (χ3n) is 5.81. The summed E-state index contributed by atoms with van der Waals surface area (Å²) in [6.45, 7) is 13.6. The van der Waals surface area contributed by atoms with Crippen molar-refractivity contribution in [1.82, 2.24) is 9.88 Å². The molecule has 0 atom stereocenters. The summed E-state index contributed by atoms with van der Waals surface area (Å²) in [7, 11) is 3.29. The Morgan fingerprint density at radius 1 is 1.18 bits per heavy atom. The maximum absolute atomic E-state index is 5.48. The fourth-order valence-corrected chi connectivity index (χ4v) is 3.56. The summed E-state index contributed by atoms with van der Waals surface area (Å²) in [6.07, 6.45) is 24.8. The molecular formula is C33H44N4O2. The number of benzene rings is 1. The Bertz CT molecular complexity index is 1240. The first-order valence-corrected chi connectivity index (χ1v) is 13.3. The molecule has 6 nitrogen and oxygen atoms in total. The molecule has 0 aliphatic carbocycles. The minimum Gasteiger partial charge on any atom is -0.501 e. The average molecular weight is 529 g/mol. The number of unbranched alkanes of at least 4 members (excludes halogenated alkanes) is 1. The van der Waals surface area contributed by atoms with Crippen LogP contribution in [0.4, 0.5) is 0 Å². The molecule has 0 saturated heterocycles. The highest BCUT2D eigenvalue weighted by atomic mass is 16.5. The van der Waals surface area contributed by atoms with Crippen LogP contribution in [0, 0.1) is 12.8 Å². The van der Waals surface area contributed by atoms with E-state index < -0.39 is 0 Å². The molecule has 0 radical (unpaired) electrons. The number of aromatic nitrogens is 1. The molecule has 1 N–H and O–H groups in total. The molecule has 39 heavy (non-hydrogen) atoms. The van der Waals surface area contributed by atoms with E-state index in [0.717, 1.165) is 53.3 Å². The molecule has 0 spiro atoms. The number of terminal acetylenes is 1. The minimum atomic E-state index is 0.561. The summed E-state index contributed by atoms with van der Waals surface area (Å²) >= 11 is 0. The third-order valence-corrected chi connectivity index (χ3v) is 5.81. The number of methoxy groups -OCH3 is 2. The molecule has 0 saturated carbocycles. The van der Waals surface area contributed by atoms with E-state index in [1.54, 1.807) is 14.2 Å². The van der Waals surface area contributed by atoms with Crippen molar-refractivity contribution in [2.24, 2.45) is 9.98 Å². The Kier molecular flexibility index (Phi) is 15.9. The van der Waals surface area contributed by atoms with Crippen LogP contribution < -0.4 is 0 Å². The molecule has 1 aliphatic rings. The van der Waals surface area contributed by atoms with Gasteiger partial charge >= 0.3 is 0 Å². The lowest BCUT2D eigenvalue weighted by atomic mass is 10.1. The molecular weight excluding hydrogens is 484 g/mol. The number of nitrogens with zero attached hydrogens (tertiary/aromatic N) is 3. The van der Waals surface area contributed by atoms with Crippen molar-refractivity contribution in [3.63, 3.8) is 0 Å². The number of hydrogen-bond donors (Lipinski definition) is 1. The molecule has 0 unspecified atom stereocenters. The minimum absolute atomic E-state index is 0.561. The first kappa shape index (κ1) is 32.8. The molecule has 1 aromatic heterocycles. The molecule has 6 heteroatoms. The highest BCUT2D eigenvalue weighted by Gasteiger charge is 2.08. The number of rotatable bonds is 12. The standard InChI is InChI=1S/C29H36N4O2.C2H6.C2H2/c1-6-7-17-33(18-15-27(35-5)12-9-23(3)34-4)22(2)8-11-26-20-32-29(21-31-26)24-10-13-28-25(19-24)14-16-30-28;2*1-2/h8,10-16,18-19,21,30H,3,6-7,9,17,20H2,1-2,4-5H3;1-2H3;1-2H/b18-15+,22-8+,26-11+,27-12+;;. The number of ether oxygens (including phenoxy) is 2. The van der Waals surface area contributed by atoms with Crippen LogP contribution in [0.5, 0.6) is 0 Å². The van der Waals surface area contributed by atoms with Crippen LogP contribution in [0.2, 0.25) is 0 Å². The number of nitrogens with one attached hydrogen (secondary N) is 1. The molecule has 1 aliphatic heterocycles. The number of hydrogen-bond acceptors (Lipinski definition) is 5. The van der Waals surface area contributed by atoms with Crippen molar-refractivity contribution < 1.29 is 9.47 Å². The second kappa shape index (κ2) is 18.9. The normalized spacial score (nSPS) is 14.3. The van der Waals surface area contributed by atoms with E-state index in [1.165, 1.54) is 5.39 Å². The summed E-state index contributed by atoms with van der Waals surface area (Å²) in [5.74, 6) is 1.47. The van der Waals surface area contributed by atoms with E-state index in [-0.39, 0.29) is 0 Å². The van der Waals surface area contributed by atoms with Gasteiger partial charge in [-0.15, -0.1) is 12.8 Å². The Labute approximate surface area is 235 Å². The molecule has 0 fully saturated rings. The molecule has 0 bridgehead atoms. The van der Waals surface area contributed by atoms with Crippen molar-refractivity contribution in [2.75, 3.05) is 27.3 Å². The Balaban J connectivity index is 0.00000181. The van der Waals surface area contributed by atoms with Crippen molar-refractivity contribution in [3.8, 4) is 12.8 Å². The lowest BCUT2D eigenvalue weighted by Gasteiger charge is -2.21. The van der Waals surface area contributed by atoms with E-state index >= 15 is 0 Å². The highest BCUT2D eigenvalue weighted by molar-refractivity contribution is 6.39. The van der Waals surface area contributed by atoms with Gasteiger partial charge in [-0.05, 0) is 55.8 Å². The van der Waals surface area contributed by atoms with Gasteiger partial charge in [0.1, 0.15) is 5.76 Å². The van der Waals surface area contributed by atoms with E-state index in [0.29, 0.717) is 18.7 Å². The molecule has 1 aromatic carbocycles. The monoisotopic (exact) mass is 528 g/mol. The van der Waals surface area contributed by atoms with Crippen molar-refractivity contribution >= 4 is 22.8 Å². The van der Waals surface area contributed by atoms with Gasteiger partial charge in [0.05, 0.1) is 44.1 Å². The largest absolute Gasteiger partial charge is 0.501 e. The van der Waals surface area contributed by atoms with Gasteiger partial charge < -0.3 is 19.4 Å². The average Bonchev–Trinajstić information content (AvgIpc) is 3.47. The zero-order valence-electron chi connectivity index (χ0n) is 24.4. The summed E-state index contributed by atoms with van der Waals surface area (Å²) < 4.78 is 10.6. The Morgan fingerprint density at radius 3 is 2.59 bits per heavy atom. The maximum Gasteiger partial charge on any atom is 0.116 e. The number of allylic oxidation sites excluding steroid dienone is 5. The lowest BCUT2D eigenvalue weighted by Crippen LogP contribution is -2.16. The van der Waals surface area contributed by atoms with Gasteiger partial charge in [-0.1, -0.05) is 39.8 Å². The SMILES string of the molecule is C#C.C=C(C/C=C(\C=C\N(CCCC)/C(C)=C/C=C1\CN=C(c2ccc3[nH]ccc3c2)C=N1)OC)OC.CC. The predicted octanol–water partition coefficient (Wildman–Crippen LogP) is 7.80. The van der Waals surface area contributed by atoms with Crippen LogP contribution >= 0.6 is 0 Å². The van der Waals surface area contributed by atoms with Crippen molar-refractivity contribution in [3.05, 3.63) is 96.0 Å². The summed E-state index contributed by atoms with van der Waals surface area (Å²) in [6, 6.07) is 8.36. The summed E-state index contributed by atoms with van der Waals surface area (Å²) in [4.78, 5) is 14.8. The third kappa shape index (κ3) is 11.0. The zero-order chi connectivity index (χ0) is 29.0. The fourth-order valence-electron chi connectivity index (χ4n) is 3.56.